The van der Waals surface area contributed by atoms with Gasteiger partial charge < -0.3 is 5.32 Å². The maximum absolute atomic E-state index is 13.1. The second-order valence-electron chi connectivity index (χ2n) is 6.07. The summed E-state index contributed by atoms with van der Waals surface area (Å²) in [6.07, 6.45) is 1.35. The van der Waals surface area contributed by atoms with E-state index < -0.39 is 0 Å². The Morgan fingerprint density at radius 2 is 2.00 bits per heavy atom. The minimum atomic E-state index is -0.360. The highest BCUT2D eigenvalue weighted by molar-refractivity contribution is 7.17. The van der Waals surface area contributed by atoms with Crippen molar-refractivity contribution in [2.24, 2.45) is 0 Å². The van der Waals surface area contributed by atoms with Crippen LogP contribution in [-0.2, 0) is 11.3 Å². The van der Waals surface area contributed by atoms with Crippen molar-refractivity contribution in [3.05, 3.63) is 81.4 Å². The van der Waals surface area contributed by atoms with Crippen LogP contribution < -0.4 is 10.9 Å². The van der Waals surface area contributed by atoms with Crippen molar-refractivity contribution < 1.29 is 9.18 Å². The molecule has 2 aromatic heterocycles. The highest BCUT2D eigenvalue weighted by Crippen LogP contribution is 2.30. The SMILES string of the molecule is O=C(Cn1cnc2c(-c3ccc(F)cc3)csc2c1=O)Nc1cccc(Cl)c1. The predicted octanol–water partition coefficient (Wildman–Crippen LogP) is 4.56. The minimum Gasteiger partial charge on any atom is -0.324 e. The molecule has 8 heteroatoms. The van der Waals surface area contributed by atoms with Gasteiger partial charge in [-0.05, 0) is 35.9 Å². The number of anilines is 1. The van der Waals surface area contributed by atoms with E-state index in [0.717, 1.165) is 11.1 Å². The fourth-order valence-electron chi connectivity index (χ4n) is 2.81. The first-order valence-electron chi connectivity index (χ1n) is 8.29. The number of fused-ring (bicyclic) bond motifs is 1. The van der Waals surface area contributed by atoms with Gasteiger partial charge in [0.2, 0.25) is 5.91 Å². The normalized spacial score (nSPS) is 10.9. The molecule has 0 spiro atoms. The Balaban J connectivity index is 1.61. The van der Waals surface area contributed by atoms with E-state index in [-0.39, 0.29) is 23.8 Å². The van der Waals surface area contributed by atoms with Gasteiger partial charge in [-0.2, -0.15) is 0 Å². The molecule has 28 heavy (non-hydrogen) atoms. The molecule has 0 aliphatic rings. The van der Waals surface area contributed by atoms with E-state index in [4.69, 9.17) is 11.6 Å². The molecule has 1 N–H and O–H groups in total. The molecule has 2 aromatic carbocycles. The Labute approximate surface area is 168 Å². The Hall–Kier alpha value is -3.03. The summed E-state index contributed by atoms with van der Waals surface area (Å²) in [6.45, 7) is -0.169. The second kappa shape index (κ2) is 7.53. The Morgan fingerprint density at radius 1 is 1.21 bits per heavy atom. The number of hydrogen-bond acceptors (Lipinski definition) is 4. The van der Waals surface area contributed by atoms with Gasteiger partial charge in [-0.25, -0.2) is 9.37 Å². The number of thiophene rings is 1. The quantitative estimate of drug-likeness (QED) is 0.533. The molecule has 0 atom stereocenters. The molecule has 0 fully saturated rings. The van der Waals surface area contributed by atoms with E-state index in [1.165, 1.54) is 34.4 Å². The van der Waals surface area contributed by atoms with Crippen LogP contribution in [0, 0.1) is 5.82 Å². The number of hydrogen-bond donors (Lipinski definition) is 1. The third kappa shape index (κ3) is 3.67. The summed E-state index contributed by atoms with van der Waals surface area (Å²) in [7, 11) is 0. The first kappa shape index (κ1) is 18.3. The third-order valence-electron chi connectivity index (χ3n) is 4.12. The van der Waals surface area contributed by atoms with Crippen molar-refractivity contribution >= 4 is 44.7 Å². The largest absolute Gasteiger partial charge is 0.324 e. The summed E-state index contributed by atoms with van der Waals surface area (Å²) in [5.41, 5.74) is 2.32. The average molecular weight is 414 g/mol. The number of amides is 1. The number of aromatic nitrogens is 2. The fraction of sp³-hybridized carbons (Fsp3) is 0.0500. The Bertz CT molecular complexity index is 1230. The number of rotatable bonds is 4. The van der Waals surface area contributed by atoms with Crippen LogP contribution in [-0.4, -0.2) is 15.5 Å². The highest BCUT2D eigenvalue weighted by atomic mass is 35.5. The van der Waals surface area contributed by atoms with Crippen molar-refractivity contribution in [1.29, 1.82) is 0 Å². The zero-order chi connectivity index (χ0) is 19.7. The van der Waals surface area contributed by atoms with Gasteiger partial charge in [0.05, 0.1) is 11.8 Å². The molecule has 5 nitrogen and oxygen atoms in total. The maximum atomic E-state index is 13.1. The lowest BCUT2D eigenvalue weighted by molar-refractivity contribution is -0.116. The summed E-state index contributed by atoms with van der Waals surface area (Å²) < 4.78 is 14.8. The molecule has 0 radical (unpaired) electrons. The number of nitrogens with zero attached hydrogens (tertiary/aromatic N) is 2. The summed E-state index contributed by atoms with van der Waals surface area (Å²) >= 11 is 7.15. The van der Waals surface area contributed by atoms with E-state index >= 15 is 0 Å². The van der Waals surface area contributed by atoms with Crippen LogP contribution in [0.4, 0.5) is 10.1 Å². The molecule has 140 valence electrons. The predicted molar refractivity (Wildman–Crippen MR) is 109 cm³/mol. The van der Waals surface area contributed by atoms with Crippen molar-refractivity contribution in [2.45, 2.75) is 6.54 Å². The van der Waals surface area contributed by atoms with Gasteiger partial charge in [0.25, 0.3) is 5.56 Å². The van der Waals surface area contributed by atoms with E-state index in [1.54, 1.807) is 36.4 Å². The number of halogens is 2. The van der Waals surface area contributed by atoms with Crippen LogP contribution in [0.25, 0.3) is 21.3 Å². The highest BCUT2D eigenvalue weighted by Gasteiger charge is 2.14. The van der Waals surface area contributed by atoms with Crippen LogP contribution in [0.2, 0.25) is 5.02 Å². The molecule has 0 unspecified atom stereocenters. The monoisotopic (exact) mass is 413 g/mol. The maximum Gasteiger partial charge on any atom is 0.271 e. The molecular formula is C20H13ClFN3O2S. The molecule has 0 bridgehead atoms. The van der Waals surface area contributed by atoms with Crippen molar-refractivity contribution in [1.82, 2.24) is 9.55 Å². The van der Waals surface area contributed by atoms with E-state index in [1.807, 2.05) is 5.38 Å². The van der Waals surface area contributed by atoms with Crippen LogP contribution in [0.5, 0.6) is 0 Å². The summed E-state index contributed by atoms with van der Waals surface area (Å²) in [4.78, 5) is 29.4. The summed E-state index contributed by atoms with van der Waals surface area (Å²) in [5, 5.41) is 5.01. The molecule has 0 aliphatic carbocycles. The number of carbonyl (C=O) groups excluding carboxylic acids is 1. The molecule has 0 saturated heterocycles. The van der Waals surface area contributed by atoms with Crippen molar-refractivity contribution in [3.8, 4) is 11.1 Å². The van der Waals surface area contributed by atoms with Gasteiger partial charge in [-0.3, -0.25) is 14.2 Å². The standard InChI is InChI=1S/C20H13ClFN3O2S/c21-13-2-1-3-15(8-13)24-17(26)9-25-11-23-18-16(10-28-19(18)20(25)27)12-4-6-14(22)7-5-12/h1-8,10-11H,9H2,(H,24,26). The van der Waals surface area contributed by atoms with Gasteiger partial charge in [0.15, 0.2) is 0 Å². The summed E-state index contributed by atoms with van der Waals surface area (Å²) in [6, 6.07) is 12.8. The second-order valence-corrected chi connectivity index (χ2v) is 7.39. The topological polar surface area (TPSA) is 64.0 Å². The molecule has 4 aromatic rings. The van der Waals surface area contributed by atoms with Crippen molar-refractivity contribution in [2.75, 3.05) is 5.32 Å². The van der Waals surface area contributed by atoms with Crippen molar-refractivity contribution in [3.63, 3.8) is 0 Å². The fourth-order valence-corrected chi connectivity index (χ4v) is 3.98. The smallest absolute Gasteiger partial charge is 0.271 e. The molecule has 0 saturated carbocycles. The summed E-state index contributed by atoms with van der Waals surface area (Å²) in [5.74, 6) is -0.690. The van der Waals surface area contributed by atoms with Crippen LogP contribution in [0.15, 0.2) is 65.0 Å². The zero-order valence-corrected chi connectivity index (χ0v) is 15.9. The lowest BCUT2D eigenvalue weighted by atomic mass is 10.1. The van der Waals surface area contributed by atoms with Gasteiger partial charge in [0.1, 0.15) is 17.1 Å². The molecular weight excluding hydrogens is 401 g/mol. The van der Waals surface area contributed by atoms with Gasteiger partial charge in [0, 0.05) is 21.7 Å². The van der Waals surface area contributed by atoms with Crippen LogP contribution >= 0.6 is 22.9 Å². The molecule has 2 heterocycles. The number of carbonyl (C=O) groups is 1. The Morgan fingerprint density at radius 3 is 2.75 bits per heavy atom. The van der Waals surface area contributed by atoms with Gasteiger partial charge in [-0.1, -0.05) is 29.8 Å². The van der Waals surface area contributed by atoms with Crippen LogP contribution in [0.1, 0.15) is 0 Å². The minimum absolute atomic E-state index is 0.169. The molecule has 1 amide bonds. The number of benzene rings is 2. The lowest BCUT2D eigenvalue weighted by Crippen LogP contribution is -2.27. The van der Waals surface area contributed by atoms with E-state index in [2.05, 4.69) is 10.3 Å². The van der Waals surface area contributed by atoms with Gasteiger partial charge in [-0.15, -0.1) is 11.3 Å². The molecule has 0 aliphatic heterocycles. The Kier molecular flexibility index (Phi) is 4.93. The zero-order valence-electron chi connectivity index (χ0n) is 14.4. The molecule has 4 rings (SSSR count). The third-order valence-corrected chi connectivity index (χ3v) is 5.32. The van der Waals surface area contributed by atoms with Gasteiger partial charge >= 0.3 is 0 Å². The first-order valence-corrected chi connectivity index (χ1v) is 9.55. The van der Waals surface area contributed by atoms with E-state index in [0.29, 0.717) is 20.9 Å². The first-order chi connectivity index (χ1) is 13.5. The van der Waals surface area contributed by atoms with E-state index in [9.17, 15) is 14.0 Å². The van der Waals surface area contributed by atoms with Crippen LogP contribution in [0.3, 0.4) is 0 Å². The number of nitrogens with one attached hydrogen (secondary N) is 1. The average Bonchev–Trinajstić information content (AvgIpc) is 3.09. The lowest BCUT2D eigenvalue weighted by Gasteiger charge is -2.08.